The van der Waals surface area contributed by atoms with Crippen LogP contribution in [0, 0.1) is 16.0 Å². The molecule has 2 heterocycles. The Morgan fingerprint density at radius 1 is 1.16 bits per heavy atom. The van der Waals surface area contributed by atoms with E-state index in [4.69, 9.17) is 17.3 Å². The van der Waals surface area contributed by atoms with Gasteiger partial charge >= 0.3 is 0 Å². The second kappa shape index (κ2) is 7.61. The highest BCUT2D eigenvalue weighted by atomic mass is 32.1. The lowest BCUT2D eigenvalue weighted by Crippen LogP contribution is -2.08. The molecule has 7 nitrogen and oxygen atoms in total. The lowest BCUT2D eigenvalue weighted by molar-refractivity contribution is 0.311. The largest absolute Gasteiger partial charge is 0.395 e. The number of rotatable bonds is 5. The van der Waals surface area contributed by atoms with E-state index in [2.05, 4.69) is 31.3 Å². The van der Waals surface area contributed by atoms with Crippen LogP contribution >= 0.6 is 12.2 Å². The van der Waals surface area contributed by atoms with E-state index in [1.54, 1.807) is 12.4 Å². The number of hydrogen-bond donors (Lipinski definition) is 3. The maximum atomic E-state index is 9.41. The van der Waals surface area contributed by atoms with Gasteiger partial charge in [0.2, 0.25) is 5.95 Å². The Morgan fingerprint density at radius 3 is 2.52 bits per heavy atom. The minimum absolute atomic E-state index is 0.00415. The number of aliphatic hydroxyl groups excluding tert-OH is 1. The smallest absolute Gasteiger partial charge is 0.222 e. The van der Waals surface area contributed by atoms with Gasteiger partial charge in [-0.05, 0) is 5.56 Å². The SMILES string of the molecule is N#Cc1c(-c2ccccc2)[nH]c(-c2cnc(NCCO)nc2)nc1=S. The highest BCUT2D eigenvalue weighted by Crippen LogP contribution is 2.24. The molecule has 0 atom stereocenters. The number of anilines is 1. The molecule has 3 rings (SSSR count). The molecule has 0 aliphatic rings. The summed E-state index contributed by atoms with van der Waals surface area (Å²) in [6.45, 7) is 0.366. The van der Waals surface area contributed by atoms with Crippen LogP contribution in [0.25, 0.3) is 22.6 Å². The van der Waals surface area contributed by atoms with Crippen LogP contribution in [0.3, 0.4) is 0 Å². The summed E-state index contributed by atoms with van der Waals surface area (Å²) in [5, 5.41) is 21.1. The lowest BCUT2D eigenvalue weighted by atomic mass is 10.1. The molecule has 124 valence electrons. The molecular weight excluding hydrogens is 336 g/mol. The van der Waals surface area contributed by atoms with Crippen molar-refractivity contribution in [2.75, 3.05) is 18.5 Å². The van der Waals surface area contributed by atoms with Gasteiger partial charge in [-0.25, -0.2) is 15.0 Å². The van der Waals surface area contributed by atoms with Crippen molar-refractivity contribution in [2.24, 2.45) is 0 Å². The van der Waals surface area contributed by atoms with Crippen molar-refractivity contribution >= 4 is 18.2 Å². The van der Waals surface area contributed by atoms with Gasteiger partial charge in [0, 0.05) is 18.9 Å². The molecule has 0 fully saturated rings. The van der Waals surface area contributed by atoms with Crippen LogP contribution in [-0.2, 0) is 0 Å². The maximum absolute atomic E-state index is 9.41. The molecule has 0 saturated heterocycles. The summed E-state index contributed by atoms with van der Waals surface area (Å²) in [7, 11) is 0. The predicted octanol–water partition coefficient (Wildman–Crippen LogP) is 2.54. The first-order valence-electron chi connectivity index (χ1n) is 7.50. The van der Waals surface area contributed by atoms with Crippen LogP contribution in [0.15, 0.2) is 42.7 Å². The third-order valence-corrected chi connectivity index (χ3v) is 3.71. The highest BCUT2D eigenvalue weighted by Gasteiger charge is 2.12. The van der Waals surface area contributed by atoms with Crippen molar-refractivity contribution in [3.63, 3.8) is 0 Å². The summed E-state index contributed by atoms with van der Waals surface area (Å²) in [5.41, 5.74) is 2.42. The Balaban J connectivity index is 2.05. The fraction of sp³-hybridized carbons (Fsp3) is 0.118. The Labute approximate surface area is 149 Å². The lowest BCUT2D eigenvalue weighted by Gasteiger charge is -2.09. The van der Waals surface area contributed by atoms with E-state index < -0.39 is 0 Å². The van der Waals surface area contributed by atoms with Gasteiger partial charge in [-0.1, -0.05) is 42.5 Å². The molecule has 0 unspecified atom stereocenters. The minimum Gasteiger partial charge on any atom is -0.395 e. The quantitative estimate of drug-likeness (QED) is 0.606. The van der Waals surface area contributed by atoms with Crippen molar-refractivity contribution in [3.05, 3.63) is 52.9 Å². The van der Waals surface area contributed by atoms with E-state index in [1.807, 2.05) is 30.3 Å². The average molecular weight is 350 g/mol. The molecule has 0 radical (unpaired) electrons. The van der Waals surface area contributed by atoms with Gasteiger partial charge in [0.1, 0.15) is 22.1 Å². The predicted molar refractivity (Wildman–Crippen MR) is 96.2 cm³/mol. The maximum Gasteiger partial charge on any atom is 0.222 e. The number of aromatic amines is 1. The van der Waals surface area contributed by atoms with Gasteiger partial charge in [0.05, 0.1) is 17.9 Å². The Kier molecular flexibility index (Phi) is 5.09. The van der Waals surface area contributed by atoms with Crippen molar-refractivity contribution in [1.29, 1.82) is 5.26 Å². The molecule has 0 amide bonds. The highest BCUT2D eigenvalue weighted by molar-refractivity contribution is 7.71. The third kappa shape index (κ3) is 3.68. The fourth-order valence-corrected chi connectivity index (χ4v) is 2.48. The van der Waals surface area contributed by atoms with Crippen LogP contribution in [0.4, 0.5) is 5.95 Å². The van der Waals surface area contributed by atoms with Crippen LogP contribution < -0.4 is 5.32 Å². The first-order chi connectivity index (χ1) is 12.2. The molecule has 3 aromatic rings. The summed E-state index contributed by atoms with van der Waals surface area (Å²) in [5.74, 6) is 0.893. The van der Waals surface area contributed by atoms with E-state index in [-0.39, 0.29) is 11.2 Å². The van der Waals surface area contributed by atoms with Gasteiger partial charge in [0.15, 0.2) is 0 Å². The van der Waals surface area contributed by atoms with E-state index in [0.29, 0.717) is 35.1 Å². The average Bonchev–Trinajstić information content (AvgIpc) is 2.67. The first-order valence-corrected chi connectivity index (χ1v) is 7.90. The third-order valence-electron chi connectivity index (χ3n) is 3.42. The molecule has 1 aromatic carbocycles. The zero-order chi connectivity index (χ0) is 17.6. The summed E-state index contributed by atoms with van der Waals surface area (Å²) in [4.78, 5) is 15.8. The number of nitrogens with one attached hydrogen (secondary N) is 2. The Hall–Kier alpha value is -3.15. The van der Waals surface area contributed by atoms with E-state index in [9.17, 15) is 5.26 Å². The van der Waals surface area contributed by atoms with E-state index >= 15 is 0 Å². The van der Waals surface area contributed by atoms with Gasteiger partial charge in [-0.3, -0.25) is 0 Å². The standard InChI is InChI=1S/C17H14N6OS/c18-8-13-14(11-4-2-1-3-5-11)22-15(23-16(13)25)12-9-20-17(21-10-12)19-6-7-24/h1-5,9-10,24H,6-7H2,(H,19,20,21)(H,22,23,25). The topological polar surface area (TPSA) is 111 Å². The monoisotopic (exact) mass is 350 g/mol. The molecule has 25 heavy (non-hydrogen) atoms. The van der Waals surface area contributed by atoms with Crippen LogP contribution in [0.1, 0.15) is 5.56 Å². The zero-order valence-electron chi connectivity index (χ0n) is 13.1. The number of H-pyrrole nitrogens is 1. The van der Waals surface area contributed by atoms with Crippen LogP contribution in [-0.4, -0.2) is 38.2 Å². The molecule has 0 aliphatic heterocycles. The second-order valence-corrected chi connectivity index (χ2v) is 5.45. The van der Waals surface area contributed by atoms with Gasteiger partial charge in [-0.15, -0.1) is 0 Å². The van der Waals surface area contributed by atoms with Crippen molar-refractivity contribution in [1.82, 2.24) is 19.9 Å². The minimum atomic E-state index is -0.00415. The summed E-state index contributed by atoms with van der Waals surface area (Å²) in [6.07, 6.45) is 3.20. The van der Waals surface area contributed by atoms with E-state index in [1.165, 1.54) is 0 Å². The summed E-state index contributed by atoms with van der Waals surface area (Å²) >= 11 is 5.27. The van der Waals surface area contributed by atoms with E-state index in [0.717, 1.165) is 5.56 Å². The summed E-state index contributed by atoms with van der Waals surface area (Å²) < 4.78 is 0.220. The number of aromatic nitrogens is 4. The Bertz CT molecular complexity index is 963. The number of hydrogen-bond acceptors (Lipinski definition) is 7. The molecule has 8 heteroatoms. The first kappa shape index (κ1) is 16.7. The number of aliphatic hydroxyl groups is 1. The molecule has 0 saturated carbocycles. The Morgan fingerprint density at radius 2 is 1.88 bits per heavy atom. The van der Waals surface area contributed by atoms with Gasteiger partial charge in [-0.2, -0.15) is 5.26 Å². The second-order valence-electron chi connectivity index (χ2n) is 5.06. The van der Waals surface area contributed by atoms with Crippen LogP contribution in [0.2, 0.25) is 0 Å². The molecule has 2 aromatic heterocycles. The molecule has 3 N–H and O–H groups in total. The summed E-state index contributed by atoms with van der Waals surface area (Å²) in [6, 6.07) is 11.6. The van der Waals surface area contributed by atoms with Gasteiger partial charge < -0.3 is 15.4 Å². The van der Waals surface area contributed by atoms with Crippen LogP contribution in [0.5, 0.6) is 0 Å². The molecule has 0 spiro atoms. The molecular formula is C17H14N6OS. The number of nitrogens with zero attached hydrogens (tertiary/aromatic N) is 4. The normalized spacial score (nSPS) is 10.2. The molecule has 0 aliphatic carbocycles. The van der Waals surface area contributed by atoms with Crippen molar-refractivity contribution in [3.8, 4) is 28.7 Å². The number of nitriles is 1. The van der Waals surface area contributed by atoms with Gasteiger partial charge in [0.25, 0.3) is 0 Å². The number of benzene rings is 1. The zero-order valence-corrected chi connectivity index (χ0v) is 13.9. The van der Waals surface area contributed by atoms with Crippen molar-refractivity contribution in [2.45, 2.75) is 0 Å². The fourth-order valence-electron chi connectivity index (χ4n) is 2.24. The molecule has 0 bridgehead atoms. The van der Waals surface area contributed by atoms with Crippen molar-refractivity contribution < 1.29 is 5.11 Å².